The summed E-state index contributed by atoms with van der Waals surface area (Å²) in [6.07, 6.45) is 2.07. The summed E-state index contributed by atoms with van der Waals surface area (Å²) in [5, 5.41) is 0.807. The second kappa shape index (κ2) is 7.85. The fraction of sp³-hybridized carbons (Fsp3) is 0.611. The SMILES string of the molecule is COCc1nc(OC)c2c(C)c(C(=O)N3CCCC(C(C)N)C3)sc2n1. The number of carbonyl (C=O) groups excluding carboxylic acids is 1. The molecule has 2 unspecified atom stereocenters. The second-order valence-electron chi connectivity index (χ2n) is 6.83. The first-order valence-electron chi connectivity index (χ1n) is 8.84. The van der Waals surface area contributed by atoms with Gasteiger partial charge in [0.1, 0.15) is 11.4 Å². The number of fused-ring (bicyclic) bond motifs is 1. The third-order valence-corrected chi connectivity index (χ3v) is 6.13. The Bertz CT molecular complexity index is 805. The molecule has 1 fully saturated rings. The van der Waals surface area contributed by atoms with Gasteiger partial charge in [0.2, 0.25) is 5.88 Å². The van der Waals surface area contributed by atoms with Crippen molar-refractivity contribution in [3.63, 3.8) is 0 Å². The van der Waals surface area contributed by atoms with Crippen molar-refractivity contribution in [3.05, 3.63) is 16.3 Å². The van der Waals surface area contributed by atoms with Crippen molar-refractivity contribution in [2.75, 3.05) is 27.3 Å². The number of nitrogens with zero attached hydrogens (tertiary/aromatic N) is 3. The van der Waals surface area contributed by atoms with Crippen molar-refractivity contribution in [1.82, 2.24) is 14.9 Å². The Morgan fingerprint density at radius 2 is 2.19 bits per heavy atom. The van der Waals surface area contributed by atoms with E-state index in [2.05, 4.69) is 9.97 Å². The molecule has 2 atom stereocenters. The van der Waals surface area contributed by atoms with E-state index < -0.39 is 0 Å². The number of amides is 1. The van der Waals surface area contributed by atoms with Crippen LogP contribution in [0.5, 0.6) is 5.88 Å². The molecule has 3 heterocycles. The molecule has 2 N–H and O–H groups in total. The lowest BCUT2D eigenvalue weighted by Crippen LogP contribution is -2.45. The van der Waals surface area contributed by atoms with E-state index in [0.717, 1.165) is 35.2 Å². The average Bonchev–Trinajstić information content (AvgIpc) is 2.97. The van der Waals surface area contributed by atoms with E-state index in [1.807, 2.05) is 18.7 Å². The van der Waals surface area contributed by atoms with E-state index >= 15 is 0 Å². The molecule has 2 aromatic heterocycles. The normalized spacial score (nSPS) is 19.0. The lowest BCUT2D eigenvalue weighted by molar-refractivity contribution is 0.0665. The number of nitrogens with two attached hydrogens (primary N) is 1. The highest BCUT2D eigenvalue weighted by Gasteiger charge is 2.29. The summed E-state index contributed by atoms with van der Waals surface area (Å²) in [6.45, 7) is 5.73. The zero-order chi connectivity index (χ0) is 18.8. The van der Waals surface area contributed by atoms with Gasteiger partial charge in [0.15, 0.2) is 5.82 Å². The minimum Gasteiger partial charge on any atom is -0.480 e. The molecule has 1 aliphatic heterocycles. The number of carbonyl (C=O) groups is 1. The molecule has 1 aliphatic rings. The molecule has 8 heteroatoms. The van der Waals surface area contributed by atoms with Crippen LogP contribution in [-0.4, -0.2) is 54.1 Å². The number of ether oxygens (including phenoxy) is 2. The molecule has 0 aliphatic carbocycles. The Hall–Kier alpha value is -1.77. The number of aryl methyl sites for hydroxylation is 1. The monoisotopic (exact) mass is 378 g/mol. The van der Waals surface area contributed by atoms with Crippen LogP contribution < -0.4 is 10.5 Å². The number of likely N-dealkylation sites (tertiary alicyclic amines) is 1. The summed E-state index contributed by atoms with van der Waals surface area (Å²) in [6, 6.07) is 0.0941. The minimum atomic E-state index is 0.0474. The fourth-order valence-corrected chi connectivity index (χ4v) is 4.62. The highest BCUT2D eigenvalue weighted by molar-refractivity contribution is 7.20. The molecule has 1 amide bonds. The molecule has 0 spiro atoms. The van der Waals surface area contributed by atoms with Crippen LogP contribution in [0.4, 0.5) is 0 Å². The number of hydrogen-bond acceptors (Lipinski definition) is 7. The van der Waals surface area contributed by atoms with Crippen molar-refractivity contribution < 1.29 is 14.3 Å². The Labute approximate surface area is 157 Å². The maximum atomic E-state index is 13.2. The van der Waals surface area contributed by atoms with Crippen molar-refractivity contribution in [1.29, 1.82) is 0 Å². The summed E-state index contributed by atoms with van der Waals surface area (Å²) in [7, 11) is 3.18. The third kappa shape index (κ3) is 3.54. The number of rotatable bonds is 5. The van der Waals surface area contributed by atoms with Gasteiger partial charge in [0.25, 0.3) is 5.91 Å². The van der Waals surface area contributed by atoms with E-state index in [1.54, 1.807) is 14.2 Å². The van der Waals surface area contributed by atoms with Crippen LogP contribution in [-0.2, 0) is 11.3 Å². The van der Waals surface area contributed by atoms with Crippen molar-refractivity contribution >= 4 is 27.5 Å². The summed E-state index contributed by atoms with van der Waals surface area (Å²) >= 11 is 1.40. The molecule has 3 rings (SSSR count). The molecule has 0 saturated carbocycles. The lowest BCUT2D eigenvalue weighted by Gasteiger charge is -2.34. The van der Waals surface area contributed by atoms with E-state index in [9.17, 15) is 4.79 Å². The van der Waals surface area contributed by atoms with Gasteiger partial charge in [-0.2, -0.15) is 4.98 Å². The molecule has 142 valence electrons. The summed E-state index contributed by atoms with van der Waals surface area (Å²) in [4.78, 5) is 25.5. The summed E-state index contributed by atoms with van der Waals surface area (Å²) < 4.78 is 10.6. The first kappa shape index (κ1) is 19.0. The van der Waals surface area contributed by atoms with Gasteiger partial charge in [-0.1, -0.05) is 0 Å². The fourth-order valence-electron chi connectivity index (χ4n) is 3.46. The van der Waals surface area contributed by atoms with Gasteiger partial charge >= 0.3 is 0 Å². The van der Waals surface area contributed by atoms with Gasteiger partial charge in [-0.15, -0.1) is 11.3 Å². The van der Waals surface area contributed by atoms with E-state index in [1.165, 1.54) is 11.3 Å². The first-order valence-corrected chi connectivity index (χ1v) is 9.65. The van der Waals surface area contributed by atoms with Crippen molar-refractivity contribution in [3.8, 4) is 5.88 Å². The number of aromatic nitrogens is 2. The highest BCUT2D eigenvalue weighted by Crippen LogP contribution is 2.36. The van der Waals surface area contributed by atoms with Crippen LogP contribution in [0, 0.1) is 12.8 Å². The van der Waals surface area contributed by atoms with Crippen LogP contribution in [0.1, 0.15) is 40.8 Å². The molecule has 0 radical (unpaired) electrons. The Kier molecular flexibility index (Phi) is 5.74. The van der Waals surface area contributed by atoms with Crippen LogP contribution in [0.25, 0.3) is 10.2 Å². The molecule has 0 aromatic carbocycles. The Morgan fingerprint density at radius 1 is 1.42 bits per heavy atom. The van der Waals surface area contributed by atoms with Crippen LogP contribution in [0.3, 0.4) is 0 Å². The standard InChI is InChI=1S/C18H26N4O3S/c1-10-14-16(25-4)20-13(9-24-3)21-17(14)26-15(10)18(23)22-7-5-6-12(8-22)11(2)19/h11-12H,5-9,19H2,1-4H3. The van der Waals surface area contributed by atoms with Crippen LogP contribution in [0.15, 0.2) is 0 Å². The molecule has 1 saturated heterocycles. The van der Waals surface area contributed by atoms with Gasteiger partial charge in [-0.05, 0) is 38.2 Å². The number of methoxy groups -OCH3 is 2. The smallest absolute Gasteiger partial charge is 0.264 e. The maximum Gasteiger partial charge on any atom is 0.264 e. The number of thiophene rings is 1. The Balaban J connectivity index is 1.97. The van der Waals surface area contributed by atoms with Crippen molar-refractivity contribution in [2.24, 2.45) is 11.7 Å². The zero-order valence-corrected chi connectivity index (χ0v) is 16.6. The maximum absolute atomic E-state index is 13.2. The lowest BCUT2D eigenvalue weighted by atomic mass is 9.92. The van der Waals surface area contributed by atoms with Gasteiger partial charge in [-0.25, -0.2) is 4.98 Å². The highest BCUT2D eigenvalue weighted by atomic mass is 32.1. The average molecular weight is 378 g/mol. The number of piperidine rings is 1. The predicted molar refractivity (Wildman–Crippen MR) is 102 cm³/mol. The molecule has 0 bridgehead atoms. The Morgan fingerprint density at radius 3 is 2.85 bits per heavy atom. The van der Waals surface area contributed by atoms with Crippen molar-refractivity contribution in [2.45, 2.75) is 39.3 Å². The number of hydrogen-bond donors (Lipinski definition) is 1. The first-order chi connectivity index (χ1) is 12.5. The topological polar surface area (TPSA) is 90.6 Å². The van der Waals surface area contributed by atoms with Gasteiger partial charge in [0.05, 0.1) is 17.4 Å². The van der Waals surface area contributed by atoms with Crippen LogP contribution >= 0.6 is 11.3 Å². The van der Waals surface area contributed by atoms with E-state index in [-0.39, 0.29) is 11.9 Å². The van der Waals surface area contributed by atoms with Gasteiger partial charge in [0, 0.05) is 26.2 Å². The zero-order valence-electron chi connectivity index (χ0n) is 15.7. The van der Waals surface area contributed by atoms with E-state index in [4.69, 9.17) is 15.2 Å². The van der Waals surface area contributed by atoms with E-state index in [0.29, 0.717) is 35.7 Å². The van der Waals surface area contributed by atoms with Crippen LogP contribution in [0.2, 0.25) is 0 Å². The van der Waals surface area contributed by atoms with Gasteiger partial charge < -0.3 is 20.1 Å². The molecular weight excluding hydrogens is 352 g/mol. The summed E-state index contributed by atoms with van der Waals surface area (Å²) in [5.74, 6) is 1.44. The largest absolute Gasteiger partial charge is 0.480 e. The second-order valence-corrected chi connectivity index (χ2v) is 7.83. The molecule has 26 heavy (non-hydrogen) atoms. The molecule has 2 aromatic rings. The van der Waals surface area contributed by atoms with Gasteiger partial charge in [-0.3, -0.25) is 4.79 Å². The quantitative estimate of drug-likeness (QED) is 0.859. The third-order valence-electron chi connectivity index (χ3n) is 4.95. The predicted octanol–water partition coefficient (Wildman–Crippen LogP) is 2.35. The summed E-state index contributed by atoms with van der Waals surface area (Å²) in [5.41, 5.74) is 6.93. The molecular formula is C18H26N4O3S. The minimum absolute atomic E-state index is 0.0474. The molecule has 7 nitrogen and oxygen atoms in total.